The van der Waals surface area contributed by atoms with Crippen molar-refractivity contribution >= 4 is 18.1 Å². The topological polar surface area (TPSA) is 63.3 Å². The second-order valence-corrected chi connectivity index (χ2v) is 2.64. The lowest BCUT2D eigenvalue weighted by atomic mass is 10.5. The van der Waals surface area contributed by atoms with E-state index in [1.54, 1.807) is 12.3 Å². The summed E-state index contributed by atoms with van der Waals surface area (Å²) in [5.74, 6) is 0. The van der Waals surface area contributed by atoms with E-state index in [0.29, 0.717) is 6.54 Å². The maximum atomic E-state index is 10.9. The normalized spacial score (nSPS) is 9.92. The van der Waals surface area contributed by atoms with Gasteiger partial charge in [-0.3, -0.25) is 4.79 Å². The molecule has 2 aromatic rings. The molecule has 70 valence electrons. The van der Waals surface area contributed by atoms with Crippen molar-refractivity contribution < 1.29 is 0 Å². The summed E-state index contributed by atoms with van der Waals surface area (Å²) in [6.07, 6.45) is 3.59. The number of hydrogen-bond acceptors (Lipinski definition) is 2. The summed E-state index contributed by atoms with van der Waals surface area (Å²) < 4.78 is 1.84. The molecule has 0 atom stereocenters. The Morgan fingerprint density at radius 3 is 3.00 bits per heavy atom. The Morgan fingerprint density at radius 2 is 2.31 bits per heavy atom. The molecule has 0 amide bonds. The van der Waals surface area contributed by atoms with Gasteiger partial charge in [0.25, 0.3) is 0 Å². The molecule has 0 saturated carbocycles. The number of nitrogens with one attached hydrogen (secondary N) is 1. The van der Waals surface area contributed by atoms with Crippen molar-refractivity contribution in [2.75, 3.05) is 0 Å². The molecular formula is C8H10ClN3O. The van der Waals surface area contributed by atoms with E-state index in [9.17, 15) is 4.79 Å². The van der Waals surface area contributed by atoms with Crippen LogP contribution >= 0.6 is 12.4 Å². The lowest BCUT2D eigenvalue weighted by Crippen LogP contribution is -1.97. The lowest BCUT2D eigenvalue weighted by Gasteiger charge is -1.87. The molecule has 0 aliphatic heterocycles. The van der Waals surface area contributed by atoms with E-state index in [1.807, 2.05) is 10.6 Å². The van der Waals surface area contributed by atoms with Crippen LogP contribution in [0.15, 0.2) is 29.3 Å². The minimum absolute atomic E-state index is 0. The highest BCUT2D eigenvalue weighted by atomic mass is 35.5. The summed E-state index contributed by atoms with van der Waals surface area (Å²) in [4.78, 5) is 13.9. The van der Waals surface area contributed by atoms with Gasteiger partial charge >= 0.3 is 0 Å². The average Bonchev–Trinajstić information content (AvgIpc) is 2.46. The van der Waals surface area contributed by atoms with Gasteiger partial charge < -0.3 is 15.1 Å². The summed E-state index contributed by atoms with van der Waals surface area (Å²) >= 11 is 0. The highest BCUT2D eigenvalue weighted by Gasteiger charge is 1.96. The van der Waals surface area contributed by atoms with Crippen LogP contribution in [-0.4, -0.2) is 9.38 Å². The quantitative estimate of drug-likeness (QED) is 0.703. The first-order chi connectivity index (χ1) is 5.79. The van der Waals surface area contributed by atoms with Gasteiger partial charge in [-0.25, -0.2) is 0 Å². The van der Waals surface area contributed by atoms with Gasteiger partial charge in [0.15, 0.2) is 5.43 Å². The van der Waals surface area contributed by atoms with E-state index < -0.39 is 0 Å². The van der Waals surface area contributed by atoms with Crippen LogP contribution in [0.25, 0.3) is 5.65 Å². The van der Waals surface area contributed by atoms with Gasteiger partial charge in [-0.2, -0.15) is 0 Å². The number of nitrogens with zero attached hydrogens (tertiary/aromatic N) is 1. The van der Waals surface area contributed by atoms with E-state index in [-0.39, 0.29) is 17.8 Å². The third-order valence-corrected chi connectivity index (χ3v) is 1.76. The molecular weight excluding hydrogens is 190 g/mol. The second kappa shape index (κ2) is 3.64. The Morgan fingerprint density at radius 1 is 1.54 bits per heavy atom. The third kappa shape index (κ3) is 1.74. The Kier molecular flexibility index (Phi) is 2.75. The SMILES string of the molecule is Cl.NCc1cn2ccc(=O)cc2[nH]1. The van der Waals surface area contributed by atoms with Crippen molar-refractivity contribution in [2.45, 2.75) is 6.54 Å². The van der Waals surface area contributed by atoms with Gasteiger partial charge in [-0.05, 0) is 0 Å². The zero-order valence-corrected chi connectivity index (χ0v) is 7.67. The second-order valence-electron chi connectivity index (χ2n) is 2.64. The first kappa shape index (κ1) is 9.83. The first-order valence-electron chi connectivity index (χ1n) is 3.69. The molecule has 0 aromatic carbocycles. The third-order valence-electron chi connectivity index (χ3n) is 1.76. The van der Waals surface area contributed by atoms with Crippen LogP contribution < -0.4 is 11.2 Å². The molecule has 2 rings (SSSR count). The molecule has 5 heteroatoms. The van der Waals surface area contributed by atoms with E-state index >= 15 is 0 Å². The summed E-state index contributed by atoms with van der Waals surface area (Å²) in [6, 6.07) is 3.06. The van der Waals surface area contributed by atoms with Crippen LogP contribution in [0.4, 0.5) is 0 Å². The first-order valence-corrected chi connectivity index (χ1v) is 3.69. The number of pyridine rings is 1. The highest BCUT2D eigenvalue weighted by molar-refractivity contribution is 5.85. The summed E-state index contributed by atoms with van der Waals surface area (Å²) in [5, 5.41) is 0. The number of aromatic amines is 1. The number of hydrogen-bond donors (Lipinski definition) is 2. The number of aromatic nitrogens is 2. The standard InChI is InChI=1S/C8H9N3O.ClH/c9-4-6-5-11-2-1-7(12)3-8(11)10-6;/h1-3,5,10H,4,9H2;1H. The van der Waals surface area contributed by atoms with Gasteiger partial charge in [-0.1, -0.05) is 0 Å². The smallest absolute Gasteiger partial charge is 0.183 e. The van der Waals surface area contributed by atoms with Crippen LogP contribution in [0.1, 0.15) is 5.69 Å². The van der Waals surface area contributed by atoms with E-state index in [4.69, 9.17) is 5.73 Å². The van der Waals surface area contributed by atoms with Gasteiger partial charge in [0.2, 0.25) is 0 Å². The molecule has 13 heavy (non-hydrogen) atoms. The van der Waals surface area contributed by atoms with Crippen molar-refractivity contribution in [1.82, 2.24) is 9.38 Å². The molecule has 0 radical (unpaired) electrons. The Hall–Kier alpha value is -1.26. The highest BCUT2D eigenvalue weighted by Crippen LogP contribution is 2.00. The fourth-order valence-electron chi connectivity index (χ4n) is 1.17. The Balaban J connectivity index is 0.000000845. The predicted molar refractivity (Wildman–Crippen MR) is 53.2 cm³/mol. The molecule has 0 aliphatic rings. The van der Waals surface area contributed by atoms with Crippen LogP contribution in [0.2, 0.25) is 0 Å². The lowest BCUT2D eigenvalue weighted by molar-refractivity contribution is 1.02. The Labute approximate surface area is 80.8 Å². The van der Waals surface area contributed by atoms with E-state index in [1.165, 1.54) is 6.07 Å². The maximum absolute atomic E-state index is 10.9. The average molecular weight is 200 g/mol. The minimum Gasteiger partial charge on any atom is -0.342 e. The molecule has 3 N–H and O–H groups in total. The van der Waals surface area contributed by atoms with Crippen LogP contribution in [0.5, 0.6) is 0 Å². The molecule has 0 bridgehead atoms. The molecule has 2 heterocycles. The predicted octanol–water partition coefficient (Wildman–Crippen LogP) is 0.508. The fourth-order valence-corrected chi connectivity index (χ4v) is 1.17. The zero-order chi connectivity index (χ0) is 8.55. The monoisotopic (exact) mass is 199 g/mol. The summed E-state index contributed by atoms with van der Waals surface area (Å²) in [6.45, 7) is 0.454. The van der Waals surface area contributed by atoms with Crippen LogP contribution in [0.3, 0.4) is 0 Å². The molecule has 0 saturated heterocycles. The van der Waals surface area contributed by atoms with Crippen molar-refractivity contribution in [3.05, 3.63) is 40.4 Å². The van der Waals surface area contributed by atoms with Gasteiger partial charge in [0, 0.05) is 36.8 Å². The number of H-pyrrole nitrogens is 1. The molecule has 0 fully saturated rings. The van der Waals surface area contributed by atoms with Gasteiger partial charge in [0.1, 0.15) is 5.65 Å². The van der Waals surface area contributed by atoms with E-state index in [0.717, 1.165) is 11.3 Å². The van der Waals surface area contributed by atoms with Gasteiger partial charge in [-0.15, -0.1) is 12.4 Å². The molecule has 2 aromatic heterocycles. The van der Waals surface area contributed by atoms with Crippen molar-refractivity contribution in [3.8, 4) is 0 Å². The van der Waals surface area contributed by atoms with Crippen molar-refractivity contribution in [1.29, 1.82) is 0 Å². The largest absolute Gasteiger partial charge is 0.342 e. The maximum Gasteiger partial charge on any atom is 0.183 e. The molecule has 4 nitrogen and oxygen atoms in total. The van der Waals surface area contributed by atoms with E-state index in [2.05, 4.69) is 4.98 Å². The fraction of sp³-hybridized carbons (Fsp3) is 0.125. The van der Waals surface area contributed by atoms with Crippen LogP contribution in [0, 0.1) is 0 Å². The number of fused-ring (bicyclic) bond motifs is 1. The Bertz CT molecular complexity index is 460. The van der Waals surface area contributed by atoms with Gasteiger partial charge in [0.05, 0.1) is 0 Å². The minimum atomic E-state index is 0. The number of rotatable bonds is 1. The molecule has 0 unspecified atom stereocenters. The molecule has 0 spiro atoms. The number of imidazole rings is 1. The number of nitrogens with two attached hydrogens (primary N) is 1. The summed E-state index contributed by atoms with van der Waals surface area (Å²) in [7, 11) is 0. The van der Waals surface area contributed by atoms with Crippen molar-refractivity contribution in [3.63, 3.8) is 0 Å². The number of halogens is 1. The summed E-state index contributed by atoms with van der Waals surface area (Å²) in [5.41, 5.74) is 7.13. The zero-order valence-electron chi connectivity index (χ0n) is 6.86. The van der Waals surface area contributed by atoms with Crippen LogP contribution in [-0.2, 0) is 6.54 Å². The molecule has 0 aliphatic carbocycles. The van der Waals surface area contributed by atoms with Crippen molar-refractivity contribution in [2.24, 2.45) is 5.73 Å².